The second-order valence-electron chi connectivity index (χ2n) is 10.3. The largest absolute Gasteiger partial charge is 0.400 e. The van der Waals surface area contributed by atoms with E-state index in [2.05, 4.69) is 42.2 Å². The van der Waals surface area contributed by atoms with Crippen molar-refractivity contribution in [2.75, 3.05) is 12.4 Å². The molecule has 0 amide bonds. The highest BCUT2D eigenvalue weighted by molar-refractivity contribution is 5.68. The Morgan fingerprint density at radius 2 is 1.76 bits per heavy atom. The molecule has 3 aromatic heterocycles. The number of benzene rings is 1. The van der Waals surface area contributed by atoms with Crippen LogP contribution >= 0.6 is 0 Å². The fourth-order valence-corrected chi connectivity index (χ4v) is 4.48. The van der Waals surface area contributed by atoms with E-state index in [4.69, 9.17) is 5.11 Å². The van der Waals surface area contributed by atoms with Gasteiger partial charge < -0.3 is 15.5 Å². The predicted octanol–water partition coefficient (Wildman–Crippen LogP) is 6.58. The monoisotopic (exact) mass is 557 g/mol. The van der Waals surface area contributed by atoms with Crippen molar-refractivity contribution in [2.45, 2.75) is 73.5 Å². The Hall–Kier alpha value is -3.95. The van der Waals surface area contributed by atoms with Crippen LogP contribution in [0.3, 0.4) is 0 Å². The maximum absolute atomic E-state index is 9.98. The highest BCUT2D eigenvalue weighted by atomic mass is 16.3. The number of pyridine rings is 1. The topological polar surface area (TPSA) is 121 Å². The van der Waals surface area contributed by atoms with Crippen LogP contribution in [0.5, 0.6) is 0 Å². The molecule has 3 N–H and O–H groups in total. The molecule has 0 saturated heterocycles. The summed E-state index contributed by atoms with van der Waals surface area (Å²) in [6, 6.07) is 13.8. The Labute approximate surface area is 243 Å². The van der Waals surface area contributed by atoms with Crippen molar-refractivity contribution in [1.29, 1.82) is 0 Å². The molecular weight excluding hydrogens is 514 g/mol. The molecule has 0 spiro atoms. The standard InChI is InChI=1S/C17H23N3O.C14H16N4.CH4O/c1-11-7-8-15(13(3)21)17(19-11)16-9-18-20(12(16)2)10-14-5-4-6-14;1-4-15-13-9-12(7-5-10(13)2)16-14-8-6-11(3)17-18-14;1-2/h7-9,13-14,21H,4-6,10H2,1-3H3;4-9H,1-3H3,(H,16,18);2H,1H3. The van der Waals surface area contributed by atoms with Crippen molar-refractivity contribution >= 4 is 23.4 Å². The normalized spacial score (nSPS) is 13.5. The number of aliphatic hydroxyl groups excluding tert-OH is 2. The molecule has 218 valence electrons. The fourth-order valence-electron chi connectivity index (χ4n) is 4.48. The summed E-state index contributed by atoms with van der Waals surface area (Å²) >= 11 is 0. The molecule has 1 aliphatic rings. The molecule has 0 bridgehead atoms. The predicted molar refractivity (Wildman–Crippen MR) is 166 cm³/mol. The van der Waals surface area contributed by atoms with Crippen LogP contribution in [0.4, 0.5) is 17.2 Å². The fraction of sp³-hybridized carbons (Fsp3) is 0.406. The van der Waals surface area contributed by atoms with Crippen molar-refractivity contribution in [1.82, 2.24) is 25.0 Å². The summed E-state index contributed by atoms with van der Waals surface area (Å²) in [5, 5.41) is 32.8. The Morgan fingerprint density at radius 1 is 1.02 bits per heavy atom. The smallest absolute Gasteiger partial charge is 0.153 e. The summed E-state index contributed by atoms with van der Waals surface area (Å²) in [6.07, 6.45) is 7.14. The van der Waals surface area contributed by atoms with Crippen LogP contribution in [0.2, 0.25) is 0 Å². The average molecular weight is 558 g/mol. The summed E-state index contributed by atoms with van der Waals surface area (Å²) in [4.78, 5) is 8.96. The number of aliphatic hydroxyl groups is 2. The van der Waals surface area contributed by atoms with E-state index in [9.17, 15) is 5.11 Å². The Bertz CT molecular complexity index is 1420. The van der Waals surface area contributed by atoms with Gasteiger partial charge in [-0.2, -0.15) is 10.2 Å². The van der Waals surface area contributed by atoms with Gasteiger partial charge in [0.1, 0.15) is 0 Å². The van der Waals surface area contributed by atoms with Crippen molar-refractivity contribution in [2.24, 2.45) is 10.9 Å². The van der Waals surface area contributed by atoms with E-state index in [1.54, 1.807) is 13.1 Å². The molecule has 0 aliphatic heterocycles. The zero-order chi connectivity index (χ0) is 29.9. The third-order valence-corrected chi connectivity index (χ3v) is 7.08. The quantitative estimate of drug-likeness (QED) is 0.219. The third-order valence-electron chi connectivity index (χ3n) is 7.08. The first-order chi connectivity index (χ1) is 19.7. The molecule has 9 nitrogen and oxygen atoms in total. The number of anilines is 2. The van der Waals surface area contributed by atoms with Gasteiger partial charge in [0.05, 0.1) is 29.4 Å². The first-order valence-electron chi connectivity index (χ1n) is 14.0. The molecule has 5 rings (SSSR count). The number of hydrogen-bond acceptors (Lipinski definition) is 8. The maximum atomic E-state index is 9.98. The minimum absolute atomic E-state index is 0.525. The molecule has 0 radical (unpaired) electrons. The zero-order valence-electron chi connectivity index (χ0n) is 25.3. The molecule has 1 unspecified atom stereocenters. The van der Waals surface area contributed by atoms with E-state index in [-0.39, 0.29) is 0 Å². The molecule has 1 aromatic carbocycles. The SMILES string of the molecule is CC=Nc1cc(Nc2ccc(C)nn2)ccc1C.CO.Cc1ccc(C(C)O)c(-c2cnn(CC3CCC3)c2C)n1. The summed E-state index contributed by atoms with van der Waals surface area (Å²) in [5.41, 5.74) is 8.84. The molecular formula is C32H43N7O2. The lowest BCUT2D eigenvalue weighted by atomic mass is 9.85. The number of aliphatic imine (C=N–C) groups is 1. The second kappa shape index (κ2) is 15.2. The molecule has 1 fully saturated rings. The van der Waals surface area contributed by atoms with Gasteiger partial charge in [0.25, 0.3) is 0 Å². The van der Waals surface area contributed by atoms with Crippen LogP contribution in [0.1, 0.15) is 67.4 Å². The summed E-state index contributed by atoms with van der Waals surface area (Å²) in [5.74, 6) is 1.51. The first-order valence-corrected chi connectivity index (χ1v) is 14.0. The van der Waals surface area contributed by atoms with Gasteiger partial charge in [-0.15, -0.1) is 5.10 Å². The van der Waals surface area contributed by atoms with Crippen LogP contribution in [-0.2, 0) is 6.54 Å². The Balaban J connectivity index is 0.000000215. The highest BCUT2D eigenvalue weighted by Crippen LogP contribution is 2.32. The van der Waals surface area contributed by atoms with Crippen LogP contribution < -0.4 is 5.32 Å². The van der Waals surface area contributed by atoms with E-state index in [1.165, 1.54) is 19.3 Å². The molecule has 1 aliphatic carbocycles. The highest BCUT2D eigenvalue weighted by Gasteiger charge is 2.21. The Kier molecular flexibility index (Phi) is 11.7. The molecule has 1 saturated carbocycles. The van der Waals surface area contributed by atoms with Gasteiger partial charge in [-0.25, -0.2) is 0 Å². The summed E-state index contributed by atoms with van der Waals surface area (Å²) in [6.45, 7) is 12.7. The van der Waals surface area contributed by atoms with Gasteiger partial charge in [-0.05, 0) is 96.2 Å². The van der Waals surface area contributed by atoms with Gasteiger partial charge in [0, 0.05) is 48.1 Å². The van der Waals surface area contributed by atoms with Gasteiger partial charge >= 0.3 is 0 Å². The van der Waals surface area contributed by atoms with Crippen molar-refractivity contribution < 1.29 is 10.2 Å². The van der Waals surface area contributed by atoms with Crippen LogP contribution in [-0.4, -0.2) is 48.5 Å². The van der Waals surface area contributed by atoms with E-state index < -0.39 is 6.10 Å². The maximum Gasteiger partial charge on any atom is 0.153 e. The molecule has 9 heteroatoms. The van der Waals surface area contributed by atoms with Crippen LogP contribution in [0, 0.1) is 33.6 Å². The summed E-state index contributed by atoms with van der Waals surface area (Å²) in [7, 11) is 1.00. The van der Waals surface area contributed by atoms with Crippen molar-refractivity contribution in [3.63, 3.8) is 0 Å². The molecule has 3 heterocycles. The van der Waals surface area contributed by atoms with Crippen LogP contribution in [0.25, 0.3) is 11.3 Å². The first kappa shape index (κ1) is 31.6. The number of rotatable bonds is 7. The van der Waals surface area contributed by atoms with Crippen molar-refractivity contribution in [3.05, 3.63) is 76.9 Å². The molecule has 41 heavy (non-hydrogen) atoms. The van der Waals surface area contributed by atoms with E-state index >= 15 is 0 Å². The van der Waals surface area contributed by atoms with E-state index in [1.807, 2.05) is 76.4 Å². The zero-order valence-corrected chi connectivity index (χ0v) is 25.3. The average Bonchev–Trinajstić information content (AvgIpc) is 3.30. The number of hydrogen-bond donors (Lipinski definition) is 3. The van der Waals surface area contributed by atoms with Gasteiger partial charge in [0.2, 0.25) is 0 Å². The summed E-state index contributed by atoms with van der Waals surface area (Å²) < 4.78 is 2.09. The van der Waals surface area contributed by atoms with Gasteiger partial charge in [-0.1, -0.05) is 18.6 Å². The van der Waals surface area contributed by atoms with Gasteiger partial charge in [0.15, 0.2) is 5.82 Å². The minimum atomic E-state index is -0.525. The lowest BCUT2D eigenvalue weighted by Crippen LogP contribution is -2.19. The minimum Gasteiger partial charge on any atom is -0.400 e. The molecule has 4 aromatic rings. The van der Waals surface area contributed by atoms with Crippen molar-refractivity contribution in [3.8, 4) is 11.3 Å². The number of aryl methyl sites for hydroxylation is 3. The lowest BCUT2D eigenvalue weighted by molar-refractivity contribution is 0.199. The van der Waals surface area contributed by atoms with E-state index in [0.717, 1.165) is 76.2 Å². The lowest BCUT2D eigenvalue weighted by Gasteiger charge is -2.25. The number of aromatic nitrogens is 5. The van der Waals surface area contributed by atoms with E-state index in [0.29, 0.717) is 0 Å². The van der Waals surface area contributed by atoms with Gasteiger partial charge in [-0.3, -0.25) is 14.7 Å². The Morgan fingerprint density at radius 3 is 2.37 bits per heavy atom. The number of nitrogens with one attached hydrogen (secondary N) is 1. The van der Waals surface area contributed by atoms with Crippen LogP contribution in [0.15, 0.2) is 53.7 Å². The second-order valence-corrected chi connectivity index (χ2v) is 10.3. The number of nitrogens with zero attached hydrogens (tertiary/aromatic N) is 6. The third kappa shape index (κ3) is 8.52. The molecule has 1 atom stereocenters.